The molecule has 0 saturated heterocycles. The third-order valence-electron chi connectivity index (χ3n) is 2.99. The summed E-state index contributed by atoms with van der Waals surface area (Å²) >= 11 is 0. The van der Waals surface area contributed by atoms with Crippen LogP contribution >= 0.6 is 0 Å². The lowest BCUT2D eigenvalue weighted by Crippen LogP contribution is -2.36. The van der Waals surface area contributed by atoms with Gasteiger partial charge in [-0.3, -0.25) is 0 Å². The van der Waals surface area contributed by atoms with Crippen LogP contribution < -0.4 is 0 Å². The molecule has 108 valence electrons. The van der Waals surface area contributed by atoms with Crippen LogP contribution in [0.2, 0.25) is 0 Å². The average Bonchev–Trinajstić information content (AvgIpc) is 3.01. The quantitative estimate of drug-likeness (QED) is 0.587. The summed E-state index contributed by atoms with van der Waals surface area (Å²) in [5.41, 5.74) is 1.49. The Morgan fingerprint density at radius 2 is 1.95 bits per heavy atom. The number of aliphatic hydroxyl groups excluding tert-OH is 3. The lowest BCUT2D eigenvalue weighted by molar-refractivity contribution is -0.110. The van der Waals surface area contributed by atoms with Gasteiger partial charge in [-0.2, -0.15) is 0 Å². The van der Waals surface area contributed by atoms with Gasteiger partial charge in [0.05, 0.1) is 31.4 Å². The van der Waals surface area contributed by atoms with Crippen molar-refractivity contribution in [2.45, 2.75) is 24.9 Å². The maximum Gasteiger partial charge on any atom is 0.128 e. The van der Waals surface area contributed by atoms with Crippen molar-refractivity contribution in [3.63, 3.8) is 0 Å². The second-order valence-corrected chi connectivity index (χ2v) is 4.46. The highest BCUT2D eigenvalue weighted by molar-refractivity contribution is 5.14. The van der Waals surface area contributed by atoms with Crippen molar-refractivity contribution < 1.29 is 20.1 Å². The van der Waals surface area contributed by atoms with Crippen molar-refractivity contribution in [2.24, 2.45) is 0 Å². The Kier molecular flexibility index (Phi) is 5.25. The van der Waals surface area contributed by atoms with Crippen LogP contribution in [0.15, 0.2) is 42.9 Å². The number of hydrogen-bond acceptors (Lipinski definition) is 5. The Morgan fingerprint density at radius 3 is 2.55 bits per heavy atom. The fourth-order valence-corrected chi connectivity index (χ4v) is 1.86. The fourth-order valence-electron chi connectivity index (χ4n) is 1.86. The van der Waals surface area contributed by atoms with Gasteiger partial charge < -0.3 is 25.0 Å². The van der Waals surface area contributed by atoms with Gasteiger partial charge in [0.15, 0.2) is 0 Å². The number of H-pyrrole nitrogens is 1. The summed E-state index contributed by atoms with van der Waals surface area (Å²) in [7, 11) is 0. The minimum atomic E-state index is -1.28. The highest BCUT2D eigenvalue weighted by atomic mass is 16.5. The summed E-state index contributed by atoms with van der Waals surface area (Å²) in [6.45, 7) is -0.264. The van der Waals surface area contributed by atoms with Gasteiger partial charge >= 0.3 is 0 Å². The van der Waals surface area contributed by atoms with Gasteiger partial charge in [-0.15, -0.1) is 0 Å². The van der Waals surface area contributed by atoms with Gasteiger partial charge in [-0.05, 0) is 5.56 Å². The largest absolute Gasteiger partial charge is 0.394 e. The summed E-state index contributed by atoms with van der Waals surface area (Å²) < 4.78 is 5.66. The molecular formula is C14H18N2O4. The topological polar surface area (TPSA) is 98.6 Å². The van der Waals surface area contributed by atoms with Crippen molar-refractivity contribution in [3.05, 3.63) is 54.1 Å². The molecule has 1 aromatic heterocycles. The van der Waals surface area contributed by atoms with E-state index in [2.05, 4.69) is 9.97 Å². The molecule has 20 heavy (non-hydrogen) atoms. The van der Waals surface area contributed by atoms with Crippen LogP contribution in [0.1, 0.15) is 17.4 Å². The van der Waals surface area contributed by atoms with Crippen molar-refractivity contribution in [2.75, 3.05) is 6.61 Å². The lowest BCUT2D eigenvalue weighted by Gasteiger charge is -2.25. The molecule has 3 atom stereocenters. The molecule has 0 aliphatic rings. The normalized spacial score (nSPS) is 15.8. The number of hydrogen-bond donors (Lipinski definition) is 4. The monoisotopic (exact) mass is 278 g/mol. The van der Waals surface area contributed by atoms with E-state index in [0.29, 0.717) is 5.69 Å². The highest BCUT2D eigenvalue weighted by Crippen LogP contribution is 2.23. The molecular weight excluding hydrogens is 260 g/mol. The maximum absolute atomic E-state index is 10.0. The van der Waals surface area contributed by atoms with Crippen LogP contribution in [-0.4, -0.2) is 44.1 Å². The number of rotatable bonds is 7. The van der Waals surface area contributed by atoms with Gasteiger partial charge in [0.25, 0.3) is 0 Å². The standard InChI is InChI=1S/C14H18N2O4/c17-7-12(18)13(19)14(11-6-15-9-16-11)20-8-10-4-2-1-3-5-10/h1-6,9,12-14,17-19H,7-8H2,(H,15,16)/t12-,13-,14+/m1/s1. The van der Waals surface area contributed by atoms with Crippen molar-refractivity contribution in [1.29, 1.82) is 0 Å². The van der Waals surface area contributed by atoms with E-state index in [1.54, 1.807) is 0 Å². The lowest BCUT2D eigenvalue weighted by atomic mass is 10.1. The summed E-state index contributed by atoms with van der Waals surface area (Å²) in [4.78, 5) is 6.72. The zero-order valence-electron chi connectivity index (χ0n) is 10.9. The smallest absolute Gasteiger partial charge is 0.128 e. The molecule has 0 radical (unpaired) electrons. The molecule has 0 saturated carbocycles. The van der Waals surface area contributed by atoms with E-state index in [-0.39, 0.29) is 6.61 Å². The third kappa shape index (κ3) is 3.64. The van der Waals surface area contributed by atoms with E-state index in [4.69, 9.17) is 9.84 Å². The van der Waals surface area contributed by atoms with E-state index in [9.17, 15) is 10.2 Å². The number of imidazole rings is 1. The van der Waals surface area contributed by atoms with E-state index >= 15 is 0 Å². The Hall–Kier alpha value is -1.73. The molecule has 6 heteroatoms. The predicted octanol–water partition coefficient (Wildman–Crippen LogP) is 0.382. The van der Waals surface area contributed by atoms with Gasteiger partial charge in [-0.25, -0.2) is 4.98 Å². The first-order valence-corrected chi connectivity index (χ1v) is 6.33. The molecule has 0 aliphatic heterocycles. The van der Waals surface area contributed by atoms with E-state index in [0.717, 1.165) is 5.56 Å². The van der Waals surface area contributed by atoms with E-state index < -0.39 is 24.9 Å². The molecule has 0 fully saturated rings. The highest BCUT2D eigenvalue weighted by Gasteiger charge is 2.29. The molecule has 0 aliphatic carbocycles. The van der Waals surface area contributed by atoms with Crippen molar-refractivity contribution in [1.82, 2.24) is 9.97 Å². The first-order chi connectivity index (χ1) is 9.72. The number of nitrogens with one attached hydrogen (secondary N) is 1. The number of aliphatic hydroxyl groups is 3. The van der Waals surface area contributed by atoms with Crippen LogP contribution in [0.3, 0.4) is 0 Å². The zero-order chi connectivity index (χ0) is 14.4. The number of benzene rings is 1. The van der Waals surface area contributed by atoms with Crippen LogP contribution in [0, 0.1) is 0 Å². The van der Waals surface area contributed by atoms with E-state index in [1.165, 1.54) is 12.5 Å². The summed E-state index contributed by atoms with van der Waals surface area (Å²) in [5.74, 6) is 0. The van der Waals surface area contributed by atoms with Crippen LogP contribution in [0.4, 0.5) is 0 Å². The van der Waals surface area contributed by atoms with Crippen molar-refractivity contribution in [3.8, 4) is 0 Å². The number of ether oxygens (including phenoxy) is 1. The molecule has 1 heterocycles. The zero-order valence-corrected chi connectivity index (χ0v) is 10.9. The minimum Gasteiger partial charge on any atom is -0.394 e. The molecule has 2 aromatic rings. The molecule has 0 unspecified atom stereocenters. The second-order valence-electron chi connectivity index (χ2n) is 4.46. The van der Waals surface area contributed by atoms with Crippen LogP contribution in [-0.2, 0) is 11.3 Å². The Morgan fingerprint density at radius 1 is 1.20 bits per heavy atom. The predicted molar refractivity (Wildman–Crippen MR) is 71.7 cm³/mol. The third-order valence-corrected chi connectivity index (χ3v) is 2.99. The van der Waals surface area contributed by atoms with Gasteiger partial charge in [-0.1, -0.05) is 30.3 Å². The summed E-state index contributed by atoms with van der Waals surface area (Å²) in [5, 5.41) is 28.6. The molecule has 4 N–H and O–H groups in total. The number of aromatic nitrogens is 2. The molecule has 6 nitrogen and oxygen atoms in total. The molecule has 0 amide bonds. The number of nitrogens with zero attached hydrogens (tertiary/aromatic N) is 1. The van der Waals surface area contributed by atoms with Crippen molar-refractivity contribution >= 4 is 0 Å². The Balaban J connectivity index is 2.07. The van der Waals surface area contributed by atoms with Gasteiger partial charge in [0, 0.05) is 0 Å². The molecule has 1 aromatic carbocycles. The van der Waals surface area contributed by atoms with Gasteiger partial charge in [0.1, 0.15) is 18.3 Å². The van der Waals surface area contributed by atoms with Crippen LogP contribution in [0.5, 0.6) is 0 Å². The number of aromatic amines is 1. The molecule has 0 spiro atoms. The molecule has 0 bridgehead atoms. The first-order valence-electron chi connectivity index (χ1n) is 6.33. The minimum absolute atomic E-state index is 0.278. The summed E-state index contributed by atoms with van der Waals surface area (Å²) in [6.07, 6.45) is -0.335. The van der Waals surface area contributed by atoms with Gasteiger partial charge in [0.2, 0.25) is 0 Å². The molecule has 2 rings (SSSR count). The first kappa shape index (κ1) is 14.7. The second kappa shape index (κ2) is 7.16. The average molecular weight is 278 g/mol. The Labute approximate surface area is 116 Å². The Bertz CT molecular complexity index is 489. The SMILES string of the molecule is OC[C@@H](O)[C@@H](O)[C@@H](OCc1ccccc1)c1cnc[nH]1. The van der Waals surface area contributed by atoms with E-state index in [1.807, 2.05) is 30.3 Å². The fraction of sp³-hybridized carbons (Fsp3) is 0.357. The van der Waals surface area contributed by atoms with Crippen LogP contribution in [0.25, 0.3) is 0 Å². The maximum atomic E-state index is 10.0. The summed E-state index contributed by atoms with van der Waals surface area (Å²) in [6, 6.07) is 9.49.